The molecule has 0 N–H and O–H groups in total. The van der Waals surface area contributed by atoms with Gasteiger partial charge in [-0.3, -0.25) is 0 Å². The second-order valence-electron chi connectivity index (χ2n) is 4.64. The molecule has 0 spiro atoms. The van der Waals surface area contributed by atoms with Crippen LogP contribution in [0, 0.1) is 17.3 Å². The first-order valence-electron chi connectivity index (χ1n) is 4.56. The minimum Gasteiger partial charge on any atom is -0.0651 e. The van der Waals surface area contributed by atoms with Gasteiger partial charge in [-0.25, -0.2) is 0 Å². The Morgan fingerprint density at radius 3 is 2.30 bits per heavy atom. The van der Waals surface area contributed by atoms with Crippen molar-refractivity contribution in [1.29, 1.82) is 0 Å². The zero-order chi connectivity index (χ0) is 7.78. The molecule has 0 aromatic carbocycles. The highest BCUT2D eigenvalue weighted by molar-refractivity contribution is 4.95. The molecular weight excluding hydrogens is 120 g/mol. The molecule has 2 atom stereocenters. The molecule has 0 heterocycles. The van der Waals surface area contributed by atoms with E-state index < -0.39 is 0 Å². The fourth-order valence-electron chi connectivity index (χ4n) is 1.63. The van der Waals surface area contributed by atoms with Gasteiger partial charge in [-0.2, -0.15) is 0 Å². The summed E-state index contributed by atoms with van der Waals surface area (Å²) in [5, 5.41) is 0. The molecule has 0 radical (unpaired) electrons. The summed E-state index contributed by atoms with van der Waals surface area (Å²) < 4.78 is 0. The van der Waals surface area contributed by atoms with Crippen molar-refractivity contribution in [3.8, 4) is 0 Å². The molecule has 10 heavy (non-hydrogen) atoms. The Morgan fingerprint density at radius 1 is 1.50 bits per heavy atom. The van der Waals surface area contributed by atoms with Crippen LogP contribution in [0.5, 0.6) is 0 Å². The third-order valence-corrected chi connectivity index (χ3v) is 3.10. The van der Waals surface area contributed by atoms with E-state index in [4.69, 9.17) is 0 Å². The zero-order valence-electron chi connectivity index (χ0n) is 7.78. The van der Waals surface area contributed by atoms with Crippen LogP contribution in [0.4, 0.5) is 0 Å². The Hall–Kier alpha value is 0. The lowest BCUT2D eigenvalue weighted by molar-refractivity contribution is 0.429. The molecule has 1 aliphatic rings. The van der Waals surface area contributed by atoms with Crippen LogP contribution in [-0.4, -0.2) is 0 Å². The number of rotatable bonds is 3. The van der Waals surface area contributed by atoms with E-state index in [2.05, 4.69) is 27.7 Å². The van der Waals surface area contributed by atoms with Crippen LogP contribution in [-0.2, 0) is 0 Å². The van der Waals surface area contributed by atoms with E-state index >= 15 is 0 Å². The standard InChI is InChI=1S/C10H20/c1-5-8(2)6-9-7-10(9,3)4/h8-9H,5-7H2,1-4H3. The van der Waals surface area contributed by atoms with Gasteiger partial charge in [0.25, 0.3) is 0 Å². The quantitative estimate of drug-likeness (QED) is 0.563. The summed E-state index contributed by atoms with van der Waals surface area (Å²) in [7, 11) is 0. The van der Waals surface area contributed by atoms with E-state index in [1.54, 1.807) is 0 Å². The van der Waals surface area contributed by atoms with Crippen molar-refractivity contribution >= 4 is 0 Å². The van der Waals surface area contributed by atoms with Gasteiger partial charge in [0.05, 0.1) is 0 Å². The van der Waals surface area contributed by atoms with Crippen LogP contribution in [0.3, 0.4) is 0 Å². The molecule has 2 unspecified atom stereocenters. The highest BCUT2D eigenvalue weighted by Crippen LogP contribution is 2.54. The normalized spacial score (nSPS) is 31.8. The molecule has 1 fully saturated rings. The molecule has 1 rings (SSSR count). The number of hydrogen-bond acceptors (Lipinski definition) is 0. The molecule has 60 valence electrons. The molecular formula is C10H20. The molecule has 0 saturated heterocycles. The Balaban J connectivity index is 2.17. The van der Waals surface area contributed by atoms with Gasteiger partial charge in [0, 0.05) is 0 Å². The van der Waals surface area contributed by atoms with Gasteiger partial charge in [0.2, 0.25) is 0 Å². The zero-order valence-corrected chi connectivity index (χ0v) is 7.78. The fraction of sp³-hybridized carbons (Fsp3) is 1.00. The lowest BCUT2D eigenvalue weighted by Gasteiger charge is -2.08. The fourth-order valence-corrected chi connectivity index (χ4v) is 1.63. The van der Waals surface area contributed by atoms with Crippen LogP contribution in [0.15, 0.2) is 0 Å². The Morgan fingerprint density at radius 2 is 2.00 bits per heavy atom. The van der Waals surface area contributed by atoms with Crippen molar-refractivity contribution in [3.63, 3.8) is 0 Å². The van der Waals surface area contributed by atoms with Crippen molar-refractivity contribution < 1.29 is 0 Å². The van der Waals surface area contributed by atoms with Crippen molar-refractivity contribution in [1.82, 2.24) is 0 Å². The number of hydrogen-bond donors (Lipinski definition) is 0. The van der Waals surface area contributed by atoms with Crippen molar-refractivity contribution in [3.05, 3.63) is 0 Å². The summed E-state index contributed by atoms with van der Waals surface area (Å²) in [6, 6.07) is 0. The minimum absolute atomic E-state index is 0.698. The maximum Gasteiger partial charge on any atom is -0.0323 e. The highest BCUT2D eigenvalue weighted by Gasteiger charge is 2.45. The monoisotopic (exact) mass is 140 g/mol. The topological polar surface area (TPSA) is 0 Å². The van der Waals surface area contributed by atoms with Crippen molar-refractivity contribution in [2.45, 2.75) is 47.0 Å². The molecule has 0 aromatic rings. The van der Waals surface area contributed by atoms with Crippen LogP contribution >= 0.6 is 0 Å². The summed E-state index contributed by atoms with van der Waals surface area (Å²) in [5.74, 6) is 1.99. The summed E-state index contributed by atoms with van der Waals surface area (Å²) in [6.07, 6.45) is 4.29. The predicted molar refractivity (Wildman–Crippen MR) is 46.0 cm³/mol. The summed E-state index contributed by atoms with van der Waals surface area (Å²) in [5.41, 5.74) is 0.698. The van der Waals surface area contributed by atoms with Gasteiger partial charge in [-0.15, -0.1) is 0 Å². The predicted octanol–water partition coefficient (Wildman–Crippen LogP) is 3.47. The lowest BCUT2D eigenvalue weighted by atomic mass is 9.98. The molecule has 0 nitrogen and oxygen atoms in total. The first kappa shape index (κ1) is 8.10. The lowest BCUT2D eigenvalue weighted by Crippen LogP contribution is -1.97. The molecule has 1 saturated carbocycles. The maximum atomic E-state index is 2.39. The van der Waals surface area contributed by atoms with Gasteiger partial charge in [0.1, 0.15) is 0 Å². The third-order valence-electron chi connectivity index (χ3n) is 3.10. The van der Waals surface area contributed by atoms with Gasteiger partial charge in [0.15, 0.2) is 0 Å². The summed E-state index contributed by atoms with van der Waals surface area (Å²) in [6.45, 7) is 9.44. The van der Waals surface area contributed by atoms with Crippen LogP contribution in [0.25, 0.3) is 0 Å². The Labute approximate surface area is 65.0 Å². The van der Waals surface area contributed by atoms with E-state index in [1.807, 2.05) is 0 Å². The highest BCUT2D eigenvalue weighted by atomic mass is 14.5. The van der Waals surface area contributed by atoms with E-state index in [9.17, 15) is 0 Å². The van der Waals surface area contributed by atoms with Crippen molar-refractivity contribution in [2.24, 2.45) is 17.3 Å². The molecule has 0 aliphatic heterocycles. The SMILES string of the molecule is CCC(C)CC1CC1(C)C. The Kier molecular flexibility index (Phi) is 2.07. The minimum atomic E-state index is 0.698. The largest absolute Gasteiger partial charge is 0.0651 e. The van der Waals surface area contributed by atoms with Gasteiger partial charge in [-0.1, -0.05) is 34.1 Å². The third kappa shape index (κ3) is 1.74. The molecule has 0 bridgehead atoms. The van der Waals surface area contributed by atoms with E-state index in [-0.39, 0.29) is 0 Å². The van der Waals surface area contributed by atoms with E-state index in [0.717, 1.165) is 11.8 Å². The molecule has 0 aromatic heterocycles. The second-order valence-corrected chi connectivity index (χ2v) is 4.64. The molecule has 1 aliphatic carbocycles. The van der Waals surface area contributed by atoms with E-state index in [0.29, 0.717) is 5.41 Å². The van der Waals surface area contributed by atoms with Crippen LogP contribution in [0.1, 0.15) is 47.0 Å². The average molecular weight is 140 g/mol. The van der Waals surface area contributed by atoms with Crippen LogP contribution in [0.2, 0.25) is 0 Å². The van der Waals surface area contributed by atoms with Crippen LogP contribution < -0.4 is 0 Å². The smallest absolute Gasteiger partial charge is 0.0323 e. The summed E-state index contributed by atoms with van der Waals surface area (Å²) >= 11 is 0. The average Bonchev–Trinajstić information content (AvgIpc) is 2.40. The second kappa shape index (κ2) is 2.56. The van der Waals surface area contributed by atoms with Gasteiger partial charge < -0.3 is 0 Å². The molecule has 0 heteroatoms. The molecule has 0 amide bonds. The van der Waals surface area contributed by atoms with Gasteiger partial charge in [-0.05, 0) is 30.1 Å². The first-order valence-corrected chi connectivity index (χ1v) is 4.56. The van der Waals surface area contributed by atoms with E-state index in [1.165, 1.54) is 19.3 Å². The Bertz CT molecular complexity index is 113. The first-order chi connectivity index (χ1) is 4.56. The maximum absolute atomic E-state index is 2.39. The summed E-state index contributed by atoms with van der Waals surface area (Å²) in [4.78, 5) is 0. The van der Waals surface area contributed by atoms with Crippen molar-refractivity contribution in [2.75, 3.05) is 0 Å². The van der Waals surface area contributed by atoms with Gasteiger partial charge >= 0.3 is 0 Å².